The fraction of sp³-hybridized carbons (Fsp3) is 0.440. The van der Waals surface area contributed by atoms with Gasteiger partial charge in [-0.2, -0.15) is 0 Å². The molecule has 2 N–H and O–H groups in total. The second-order valence-electron chi connectivity index (χ2n) is 10.4. The van der Waals surface area contributed by atoms with Crippen molar-refractivity contribution in [3.05, 3.63) is 62.2 Å². The first-order valence-electron chi connectivity index (χ1n) is 11.9. The molecule has 0 amide bonds. The zero-order chi connectivity index (χ0) is 24.9. The average Bonchev–Trinajstić information content (AvgIpc) is 3.41. The number of aliphatic imine (C=N–C) groups is 1. The summed E-state index contributed by atoms with van der Waals surface area (Å²) in [6, 6.07) is 1.28. The molecule has 11 heteroatoms. The molecule has 0 spiro atoms. The zero-order valence-electron chi connectivity index (χ0n) is 18.7. The fourth-order valence-electron chi connectivity index (χ4n) is 9.19. The van der Waals surface area contributed by atoms with Gasteiger partial charge < -0.3 is 15.2 Å². The van der Waals surface area contributed by atoms with E-state index in [2.05, 4.69) is 10.3 Å². The van der Waals surface area contributed by atoms with Gasteiger partial charge in [-0.1, -0.05) is 17.7 Å². The van der Waals surface area contributed by atoms with E-state index in [-0.39, 0.29) is 58.7 Å². The molecule has 0 radical (unpaired) electrons. The van der Waals surface area contributed by atoms with Crippen LogP contribution in [0.4, 0.5) is 8.78 Å². The quantitative estimate of drug-likeness (QED) is 0.436. The van der Waals surface area contributed by atoms with Crippen molar-refractivity contribution in [3.8, 4) is 0 Å². The average molecular weight is 530 g/mol. The molecular weight excluding hydrogens is 512 g/mol. The molecule has 6 aliphatic carbocycles. The predicted octanol–water partition coefficient (Wildman–Crippen LogP) is 3.81. The van der Waals surface area contributed by atoms with Gasteiger partial charge >= 0.3 is 11.9 Å². The third kappa shape index (κ3) is 1.84. The van der Waals surface area contributed by atoms with Crippen molar-refractivity contribution in [2.24, 2.45) is 51.3 Å². The van der Waals surface area contributed by atoms with Gasteiger partial charge in [0.05, 0.1) is 22.6 Å². The van der Waals surface area contributed by atoms with Crippen LogP contribution >= 0.6 is 22.9 Å². The predicted molar refractivity (Wildman–Crippen MR) is 123 cm³/mol. The molecule has 1 aromatic heterocycles. The van der Waals surface area contributed by atoms with Gasteiger partial charge in [0.25, 0.3) is 0 Å². The van der Waals surface area contributed by atoms with Crippen LogP contribution in [0.3, 0.4) is 0 Å². The first-order chi connectivity index (χ1) is 17.3. The van der Waals surface area contributed by atoms with Gasteiger partial charge in [0.2, 0.25) is 0 Å². The minimum absolute atomic E-state index is 0.121. The summed E-state index contributed by atoms with van der Waals surface area (Å²) < 4.78 is 33.9. The van der Waals surface area contributed by atoms with E-state index >= 15 is 0 Å². The van der Waals surface area contributed by atoms with Crippen molar-refractivity contribution in [1.82, 2.24) is 10.3 Å². The molecule has 1 atom stereocenters. The molecule has 184 valence electrons. The van der Waals surface area contributed by atoms with Crippen LogP contribution in [0.15, 0.2) is 40.0 Å². The fourth-order valence-corrected chi connectivity index (χ4v) is 10.0. The number of esters is 1. The van der Waals surface area contributed by atoms with Crippen molar-refractivity contribution < 1.29 is 28.2 Å². The van der Waals surface area contributed by atoms with Crippen LogP contribution < -0.4 is 5.32 Å². The summed E-state index contributed by atoms with van der Waals surface area (Å²) in [6.07, 6.45) is 1.63. The second kappa shape index (κ2) is 6.34. The molecule has 0 bridgehead atoms. The Bertz CT molecular complexity index is 1430. The van der Waals surface area contributed by atoms with Crippen molar-refractivity contribution >= 4 is 40.7 Å². The van der Waals surface area contributed by atoms with Crippen molar-refractivity contribution in [2.75, 3.05) is 6.61 Å². The van der Waals surface area contributed by atoms with Gasteiger partial charge in [-0.25, -0.2) is 18.6 Å². The number of halogens is 3. The molecular formula is C25H18ClF2N3O4S. The number of carboxylic acids is 1. The molecule has 2 heterocycles. The maximum atomic E-state index is 14.6. The van der Waals surface area contributed by atoms with E-state index in [4.69, 9.17) is 21.3 Å². The lowest BCUT2D eigenvalue weighted by molar-refractivity contribution is -0.633. The number of carbonyl (C=O) groups is 2. The van der Waals surface area contributed by atoms with Gasteiger partial charge in [-0.05, 0) is 48.5 Å². The van der Waals surface area contributed by atoms with Gasteiger partial charge in [0, 0.05) is 28.3 Å². The zero-order valence-corrected chi connectivity index (χ0v) is 20.2. The van der Waals surface area contributed by atoms with Gasteiger partial charge in [0.15, 0.2) is 22.5 Å². The van der Waals surface area contributed by atoms with Crippen molar-refractivity contribution in [1.29, 1.82) is 0 Å². The van der Waals surface area contributed by atoms with E-state index in [0.29, 0.717) is 16.5 Å². The Morgan fingerprint density at radius 2 is 1.89 bits per heavy atom. The molecule has 6 saturated carbocycles. The van der Waals surface area contributed by atoms with Crippen LogP contribution in [0.25, 0.3) is 0 Å². The number of nitrogens with one attached hydrogen (secondary N) is 1. The van der Waals surface area contributed by atoms with E-state index in [1.165, 1.54) is 17.4 Å². The van der Waals surface area contributed by atoms with E-state index in [1.54, 1.807) is 18.5 Å². The number of aromatic nitrogens is 1. The molecule has 6 fully saturated rings. The highest BCUT2D eigenvalue weighted by Gasteiger charge is 3.12. The van der Waals surface area contributed by atoms with Crippen LogP contribution in [0.1, 0.15) is 23.5 Å². The van der Waals surface area contributed by atoms with Crippen LogP contribution in [0, 0.1) is 58.0 Å². The largest absolute Gasteiger partial charge is 0.481 e. The normalized spacial score (nSPS) is 41.4. The number of aliphatic carboxylic acids is 1. The molecule has 9 rings (SSSR count). The van der Waals surface area contributed by atoms with Gasteiger partial charge in [-0.3, -0.25) is 9.79 Å². The number of hydrogen-bond acceptors (Lipinski definition) is 7. The monoisotopic (exact) mass is 529 g/mol. The number of hydrogen-bond donors (Lipinski definition) is 2. The van der Waals surface area contributed by atoms with Crippen LogP contribution in [0.5, 0.6) is 0 Å². The molecule has 36 heavy (non-hydrogen) atoms. The number of ether oxygens (including phenoxy) is 1. The number of benzene rings is 1. The second-order valence-corrected chi connectivity index (χ2v) is 11.7. The number of thiazole rings is 1. The third-order valence-electron chi connectivity index (χ3n) is 9.97. The van der Waals surface area contributed by atoms with E-state index in [0.717, 1.165) is 6.07 Å². The highest BCUT2D eigenvalue weighted by atomic mass is 35.5. The Kier molecular flexibility index (Phi) is 3.74. The van der Waals surface area contributed by atoms with E-state index in [9.17, 15) is 23.5 Å². The molecule has 1 aromatic carbocycles. The number of nitrogens with zero attached hydrogens (tertiary/aromatic N) is 2. The summed E-state index contributed by atoms with van der Waals surface area (Å²) in [5.74, 6) is -2.28. The molecule has 1 unspecified atom stereocenters. The van der Waals surface area contributed by atoms with E-state index < -0.39 is 40.1 Å². The Labute approximate surface area is 212 Å². The molecule has 7 aliphatic rings. The molecule has 2 aromatic rings. The first-order valence-corrected chi connectivity index (χ1v) is 13.1. The summed E-state index contributed by atoms with van der Waals surface area (Å²) in [4.78, 5) is 34.6. The van der Waals surface area contributed by atoms with Crippen molar-refractivity contribution in [2.45, 2.75) is 13.0 Å². The Morgan fingerprint density at radius 1 is 1.19 bits per heavy atom. The number of carboxylic acid groups (broad SMARTS) is 1. The topological polar surface area (TPSA) is 101 Å². The minimum Gasteiger partial charge on any atom is -0.481 e. The van der Waals surface area contributed by atoms with Crippen LogP contribution in [0.2, 0.25) is 5.02 Å². The maximum Gasteiger partial charge on any atom is 0.338 e. The molecule has 0 saturated heterocycles. The number of carbonyl (C=O) groups excluding carboxylic acids is 1. The Morgan fingerprint density at radius 3 is 2.47 bits per heavy atom. The standard InChI is InChI=1S/C25H18ClF2N3O4S/c1-2-35-22(32)9-18(7-3-4-8(27)17(28)16(7)26)30-20(21-29-5-6-36-21)31-19(9)24-10-13-11(24)15-12(24)14(10)25(13,15)23(33)34/h3-6,10-15,18H,2H2,1H3,(H,30,31)(H,33,34). The Hall–Kier alpha value is -2.85. The lowest BCUT2D eigenvalue weighted by atomic mass is 8.92. The Balaban J connectivity index is 1.31. The third-order valence-corrected chi connectivity index (χ3v) is 11.1. The minimum atomic E-state index is -1.21. The van der Waals surface area contributed by atoms with Crippen LogP contribution in [-0.2, 0) is 14.3 Å². The van der Waals surface area contributed by atoms with Crippen molar-refractivity contribution in [3.63, 3.8) is 0 Å². The number of allylic oxidation sites excluding steroid dienone is 1. The molecule has 1 aliphatic heterocycles. The molecule has 7 nitrogen and oxygen atoms in total. The SMILES string of the molecule is CCOC(=O)C1=C(C23C4C5C2C2C3C4C52C(=O)O)NC(c2nccs2)=NC1c1ccc(F)c(F)c1Cl. The first kappa shape index (κ1) is 21.3. The van der Waals surface area contributed by atoms with E-state index in [1.807, 2.05) is 0 Å². The number of rotatable bonds is 6. The summed E-state index contributed by atoms with van der Waals surface area (Å²) in [6.45, 7) is 1.81. The van der Waals surface area contributed by atoms with Gasteiger partial charge in [0.1, 0.15) is 6.04 Å². The summed E-state index contributed by atoms with van der Waals surface area (Å²) >= 11 is 7.63. The number of amidine groups is 1. The highest BCUT2D eigenvalue weighted by Crippen LogP contribution is 3.11. The van der Waals surface area contributed by atoms with Crippen LogP contribution in [-0.4, -0.2) is 34.5 Å². The summed E-state index contributed by atoms with van der Waals surface area (Å²) in [5, 5.41) is 15.2. The smallest absolute Gasteiger partial charge is 0.338 e. The summed E-state index contributed by atoms with van der Waals surface area (Å²) in [7, 11) is 0. The lowest BCUT2D eigenvalue weighted by Crippen LogP contribution is -3.11. The highest BCUT2D eigenvalue weighted by molar-refractivity contribution is 7.11. The lowest BCUT2D eigenvalue weighted by Gasteiger charge is -3.10. The summed E-state index contributed by atoms with van der Waals surface area (Å²) in [5.41, 5.74) is 0.127. The maximum absolute atomic E-state index is 14.6. The van der Waals surface area contributed by atoms with Gasteiger partial charge in [-0.15, -0.1) is 11.3 Å².